The SMILES string of the molecule is O=C(Cc1c[nH]c2ccccc12)NCCOc1ccccc1Br. The van der Waals surface area contributed by atoms with Crippen LogP contribution >= 0.6 is 15.9 Å². The predicted octanol–water partition coefficient (Wildman–Crippen LogP) is 3.67. The van der Waals surface area contributed by atoms with Gasteiger partial charge in [-0.05, 0) is 39.7 Å². The van der Waals surface area contributed by atoms with Crippen molar-refractivity contribution in [3.63, 3.8) is 0 Å². The van der Waals surface area contributed by atoms with Crippen molar-refractivity contribution >= 4 is 32.7 Å². The molecule has 2 N–H and O–H groups in total. The summed E-state index contributed by atoms with van der Waals surface area (Å²) in [6.07, 6.45) is 2.25. The lowest BCUT2D eigenvalue weighted by Gasteiger charge is -2.09. The molecule has 4 nitrogen and oxygen atoms in total. The molecule has 1 amide bonds. The van der Waals surface area contributed by atoms with E-state index in [1.54, 1.807) is 0 Å². The fraction of sp³-hybridized carbons (Fsp3) is 0.167. The molecule has 5 heteroatoms. The summed E-state index contributed by atoms with van der Waals surface area (Å²) in [5.74, 6) is 0.767. The molecule has 0 bridgehead atoms. The first-order chi connectivity index (χ1) is 11.2. The number of aromatic nitrogens is 1. The van der Waals surface area contributed by atoms with Crippen LogP contribution in [-0.2, 0) is 11.2 Å². The van der Waals surface area contributed by atoms with E-state index in [-0.39, 0.29) is 5.91 Å². The van der Waals surface area contributed by atoms with Gasteiger partial charge in [-0.25, -0.2) is 0 Å². The molecule has 3 rings (SSSR count). The molecule has 0 unspecified atom stereocenters. The van der Waals surface area contributed by atoms with Gasteiger partial charge in [0, 0.05) is 17.1 Å². The minimum atomic E-state index is -0.00881. The molecular weight excluding hydrogens is 356 g/mol. The van der Waals surface area contributed by atoms with Crippen LogP contribution < -0.4 is 10.1 Å². The zero-order valence-corrected chi connectivity index (χ0v) is 14.1. The number of amides is 1. The highest BCUT2D eigenvalue weighted by atomic mass is 79.9. The number of H-pyrrole nitrogens is 1. The minimum Gasteiger partial charge on any atom is -0.491 e. The summed E-state index contributed by atoms with van der Waals surface area (Å²) in [5.41, 5.74) is 2.05. The Morgan fingerprint density at radius 1 is 1.13 bits per heavy atom. The van der Waals surface area contributed by atoms with Crippen molar-refractivity contribution in [3.8, 4) is 5.75 Å². The molecule has 0 saturated carbocycles. The standard InChI is InChI=1S/C18H17BrN2O2/c19-15-6-2-4-8-17(15)23-10-9-20-18(22)11-13-12-21-16-7-3-1-5-14(13)16/h1-8,12,21H,9-11H2,(H,20,22). The van der Waals surface area contributed by atoms with E-state index >= 15 is 0 Å². The van der Waals surface area contributed by atoms with E-state index < -0.39 is 0 Å². The van der Waals surface area contributed by atoms with Gasteiger partial charge in [0.2, 0.25) is 5.91 Å². The molecule has 118 valence electrons. The van der Waals surface area contributed by atoms with E-state index in [0.29, 0.717) is 19.6 Å². The summed E-state index contributed by atoms with van der Waals surface area (Å²) in [6, 6.07) is 15.6. The molecular formula is C18H17BrN2O2. The Balaban J connectivity index is 1.48. The molecule has 23 heavy (non-hydrogen) atoms. The first kappa shape index (κ1) is 15.6. The highest BCUT2D eigenvalue weighted by Crippen LogP contribution is 2.23. The van der Waals surface area contributed by atoms with Crippen LogP contribution in [0.1, 0.15) is 5.56 Å². The van der Waals surface area contributed by atoms with Crippen molar-refractivity contribution in [2.24, 2.45) is 0 Å². The highest BCUT2D eigenvalue weighted by Gasteiger charge is 2.08. The zero-order chi connectivity index (χ0) is 16.1. The summed E-state index contributed by atoms with van der Waals surface area (Å²) >= 11 is 3.42. The number of ether oxygens (including phenoxy) is 1. The first-order valence-corrected chi connectivity index (χ1v) is 8.22. The number of carbonyl (C=O) groups is 1. The van der Waals surface area contributed by atoms with Crippen molar-refractivity contribution in [1.29, 1.82) is 0 Å². The molecule has 1 heterocycles. The van der Waals surface area contributed by atoms with Gasteiger partial charge in [0.25, 0.3) is 0 Å². The Morgan fingerprint density at radius 2 is 1.91 bits per heavy atom. The topological polar surface area (TPSA) is 54.1 Å². The monoisotopic (exact) mass is 372 g/mol. The lowest BCUT2D eigenvalue weighted by Crippen LogP contribution is -2.29. The molecule has 0 spiro atoms. The fourth-order valence-electron chi connectivity index (χ4n) is 2.43. The maximum atomic E-state index is 12.0. The summed E-state index contributed by atoms with van der Waals surface area (Å²) in [7, 11) is 0. The van der Waals surface area contributed by atoms with Gasteiger partial charge in [-0.2, -0.15) is 0 Å². The molecule has 1 aromatic heterocycles. The summed E-state index contributed by atoms with van der Waals surface area (Å²) in [4.78, 5) is 15.2. The second-order valence-electron chi connectivity index (χ2n) is 5.17. The van der Waals surface area contributed by atoms with Crippen LogP contribution in [0.25, 0.3) is 10.9 Å². The van der Waals surface area contributed by atoms with Crippen LogP contribution in [0.4, 0.5) is 0 Å². The summed E-state index contributed by atoms with van der Waals surface area (Å²) < 4.78 is 6.53. The normalized spacial score (nSPS) is 10.7. The molecule has 0 aliphatic rings. The lowest BCUT2D eigenvalue weighted by molar-refractivity contribution is -0.120. The number of hydrogen-bond acceptors (Lipinski definition) is 2. The minimum absolute atomic E-state index is 0.00881. The fourth-order valence-corrected chi connectivity index (χ4v) is 2.83. The second-order valence-corrected chi connectivity index (χ2v) is 6.02. The Labute approximate surface area is 143 Å². The maximum Gasteiger partial charge on any atom is 0.224 e. The molecule has 2 aromatic carbocycles. The van der Waals surface area contributed by atoms with Gasteiger partial charge in [0.05, 0.1) is 17.4 Å². The highest BCUT2D eigenvalue weighted by molar-refractivity contribution is 9.10. The Hall–Kier alpha value is -2.27. The van der Waals surface area contributed by atoms with Gasteiger partial charge in [0.1, 0.15) is 12.4 Å². The summed E-state index contributed by atoms with van der Waals surface area (Å²) in [5, 5.41) is 3.97. The number of carbonyl (C=O) groups excluding carboxylic acids is 1. The van der Waals surface area contributed by atoms with Crippen molar-refractivity contribution in [2.75, 3.05) is 13.2 Å². The van der Waals surface area contributed by atoms with Crippen molar-refractivity contribution in [3.05, 3.63) is 64.8 Å². The van der Waals surface area contributed by atoms with Crippen LogP contribution in [0.5, 0.6) is 5.75 Å². The zero-order valence-electron chi connectivity index (χ0n) is 12.5. The van der Waals surface area contributed by atoms with Crippen molar-refractivity contribution in [1.82, 2.24) is 10.3 Å². The number of halogens is 1. The number of nitrogens with one attached hydrogen (secondary N) is 2. The van der Waals surface area contributed by atoms with E-state index in [1.807, 2.05) is 54.7 Å². The third-order valence-corrected chi connectivity index (χ3v) is 4.20. The van der Waals surface area contributed by atoms with Gasteiger partial charge in [-0.1, -0.05) is 30.3 Å². The third kappa shape index (κ3) is 3.93. The molecule has 0 saturated heterocycles. The van der Waals surface area contributed by atoms with Gasteiger partial charge >= 0.3 is 0 Å². The number of aromatic amines is 1. The second kappa shape index (κ2) is 7.33. The van der Waals surface area contributed by atoms with Gasteiger partial charge in [-0.15, -0.1) is 0 Å². The molecule has 3 aromatic rings. The first-order valence-electron chi connectivity index (χ1n) is 7.43. The quantitative estimate of drug-likeness (QED) is 0.648. The van der Waals surface area contributed by atoms with E-state index in [1.165, 1.54) is 0 Å². The van der Waals surface area contributed by atoms with Crippen molar-refractivity contribution in [2.45, 2.75) is 6.42 Å². The van der Waals surface area contributed by atoms with E-state index in [2.05, 4.69) is 26.2 Å². The molecule has 0 aliphatic carbocycles. The lowest BCUT2D eigenvalue weighted by atomic mass is 10.1. The smallest absolute Gasteiger partial charge is 0.224 e. The third-order valence-electron chi connectivity index (χ3n) is 3.54. The molecule has 0 fully saturated rings. The van der Waals surface area contributed by atoms with E-state index in [4.69, 9.17) is 4.74 Å². The number of rotatable bonds is 6. The average molecular weight is 373 g/mol. The van der Waals surface area contributed by atoms with E-state index in [9.17, 15) is 4.79 Å². The maximum absolute atomic E-state index is 12.0. The largest absolute Gasteiger partial charge is 0.491 e. The van der Waals surface area contributed by atoms with Gasteiger partial charge < -0.3 is 15.0 Å². The molecule has 0 aliphatic heterocycles. The molecule has 0 atom stereocenters. The van der Waals surface area contributed by atoms with Crippen LogP contribution in [0.2, 0.25) is 0 Å². The van der Waals surface area contributed by atoms with Crippen LogP contribution in [0.15, 0.2) is 59.2 Å². The Kier molecular flexibility index (Phi) is 4.98. The Morgan fingerprint density at radius 3 is 2.78 bits per heavy atom. The number of fused-ring (bicyclic) bond motifs is 1. The van der Waals surface area contributed by atoms with Gasteiger partial charge in [0.15, 0.2) is 0 Å². The van der Waals surface area contributed by atoms with Crippen molar-refractivity contribution < 1.29 is 9.53 Å². The van der Waals surface area contributed by atoms with Crippen LogP contribution in [-0.4, -0.2) is 24.0 Å². The van der Waals surface area contributed by atoms with Gasteiger partial charge in [-0.3, -0.25) is 4.79 Å². The number of para-hydroxylation sites is 2. The van der Waals surface area contributed by atoms with Crippen LogP contribution in [0.3, 0.4) is 0 Å². The molecule has 0 radical (unpaired) electrons. The number of benzene rings is 2. The summed E-state index contributed by atoms with van der Waals surface area (Å²) in [6.45, 7) is 0.908. The Bertz CT molecular complexity index is 813. The van der Waals surface area contributed by atoms with Crippen LogP contribution in [0, 0.1) is 0 Å². The predicted molar refractivity (Wildman–Crippen MR) is 94.6 cm³/mol. The van der Waals surface area contributed by atoms with E-state index in [0.717, 1.165) is 26.7 Å². The number of hydrogen-bond donors (Lipinski definition) is 2. The average Bonchev–Trinajstić information content (AvgIpc) is 2.96.